The Kier molecular flexibility index (Phi) is 2.31. The van der Waals surface area contributed by atoms with Crippen molar-refractivity contribution in [3.63, 3.8) is 0 Å². The molecule has 0 aliphatic rings. The summed E-state index contributed by atoms with van der Waals surface area (Å²) < 4.78 is 1.89. The molecule has 3 nitrogen and oxygen atoms in total. The summed E-state index contributed by atoms with van der Waals surface area (Å²) in [6.07, 6.45) is 1.83. The van der Waals surface area contributed by atoms with Crippen LogP contribution in [-0.4, -0.2) is 16.1 Å². The summed E-state index contributed by atoms with van der Waals surface area (Å²) in [4.78, 5) is 10.8. The second kappa shape index (κ2) is 3.62. The molecule has 0 saturated heterocycles. The Morgan fingerprint density at radius 3 is 2.93 bits per heavy atom. The first-order valence-corrected chi connectivity index (χ1v) is 4.77. The first kappa shape index (κ1) is 8.94. The van der Waals surface area contributed by atoms with Crippen LogP contribution in [0.3, 0.4) is 0 Å². The van der Waals surface area contributed by atoms with Crippen LogP contribution in [-0.2, 0) is 6.54 Å². The number of rotatable bonds is 3. The molecule has 0 aliphatic carbocycles. The lowest BCUT2D eigenvalue weighted by atomic mass is 10.2. The molecule has 0 saturated carbocycles. The molecular formula is C11H12N2O. The van der Waals surface area contributed by atoms with Crippen LogP contribution in [0.2, 0.25) is 0 Å². The summed E-state index contributed by atoms with van der Waals surface area (Å²) >= 11 is 0. The average Bonchev–Trinajstić information content (AvgIpc) is 2.58. The Morgan fingerprint density at radius 1 is 1.43 bits per heavy atom. The molecule has 0 spiro atoms. The molecule has 0 N–H and O–H groups in total. The minimum Gasteiger partial charge on any atom is -0.296 e. The lowest BCUT2D eigenvalue weighted by molar-refractivity contribution is 0.111. The monoisotopic (exact) mass is 188 g/mol. The van der Waals surface area contributed by atoms with Gasteiger partial charge >= 0.3 is 0 Å². The first-order valence-electron chi connectivity index (χ1n) is 4.77. The number of hydrogen-bond donors (Lipinski definition) is 0. The van der Waals surface area contributed by atoms with Gasteiger partial charge in [0.15, 0.2) is 6.29 Å². The minimum absolute atomic E-state index is 0.536. The highest BCUT2D eigenvalue weighted by Gasteiger charge is 2.07. The third-order valence-electron chi connectivity index (χ3n) is 2.23. The van der Waals surface area contributed by atoms with E-state index < -0.39 is 0 Å². The van der Waals surface area contributed by atoms with Gasteiger partial charge in [-0.2, -0.15) is 5.10 Å². The summed E-state index contributed by atoms with van der Waals surface area (Å²) in [5.41, 5.74) is 1.57. The number of para-hydroxylation sites is 1. The van der Waals surface area contributed by atoms with Crippen molar-refractivity contribution in [2.75, 3.05) is 0 Å². The molecule has 3 heteroatoms. The third kappa shape index (κ3) is 1.31. The normalized spacial score (nSPS) is 10.6. The number of fused-ring (bicyclic) bond motifs is 1. The van der Waals surface area contributed by atoms with E-state index in [4.69, 9.17) is 0 Å². The van der Waals surface area contributed by atoms with E-state index in [0.29, 0.717) is 5.69 Å². The highest BCUT2D eigenvalue weighted by Crippen LogP contribution is 2.16. The lowest BCUT2D eigenvalue weighted by Crippen LogP contribution is -1.98. The van der Waals surface area contributed by atoms with Crippen LogP contribution >= 0.6 is 0 Å². The van der Waals surface area contributed by atoms with E-state index in [1.165, 1.54) is 0 Å². The predicted octanol–water partition coefficient (Wildman–Crippen LogP) is 2.26. The molecule has 1 aromatic heterocycles. The zero-order valence-electron chi connectivity index (χ0n) is 8.10. The van der Waals surface area contributed by atoms with Gasteiger partial charge in [0.2, 0.25) is 0 Å². The van der Waals surface area contributed by atoms with Crippen molar-refractivity contribution < 1.29 is 4.79 Å². The number of carbonyl (C=O) groups excluding carboxylic acids is 1. The number of nitrogens with zero attached hydrogens (tertiary/aromatic N) is 2. The van der Waals surface area contributed by atoms with Crippen LogP contribution in [0.4, 0.5) is 0 Å². The van der Waals surface area contributed by atoms with Crippen molar-refractivity contribution in [3.05, 3.63) is 30.0 Å². The maximum absolute atomic E-state index is 10.8. The second-order valence-corrected chi connectivity index (χ2v) is 3.24. The largest absolute Gasteiger partial charge is 0.296 e. The van der Waals surface area contributed by atoms with Crippen LogP contribution in [0.25, 0.3) is 10.9 Å². The maximum atomic E-state index is 10.8. The van der Waals surface area contributed by atoms with E-state index in [1.54, 1.807) is 0 Å². The Morgan fingerprint density at radius 2 is 2.21 bits per heavy atom. The molecule has 1 heterocycles. The Labute approximate surface area is 82.3 Å². The van der Waals surface area contributed by atoms with E-state index in [2.05, 4.69) is 12.0 Å². The van der Waals surface area contributed by atoms with Gasteiger partial charge in [0, 0.05) is 11.9 Å². The summed E-state index contributed by atoms with van der Waals surface area (Å²) in [5.74, 6) is 0. The predicted molar refractivity (Wildman–Crippen MR) is 55.4 cm³/mol. The van der Waals surface area contributed by atoms with Gasteiger partial charge in [-0.25, -0.2) is 0 Å². The number of carbonyl (C=O) groups is 1. The van der Waals surface area contributed by atoms with E-state index >= 15 is 0 Å². The van der Waals surface area contributed by atoms with Gasteiger partial charge in [0.25, 0.3) is 0 Å². The molecule has 0 unspecified atom stereocenters. The Bertz CT molecular complexity index is 459. The number of benzene rings is 1. The van der Waals surface area contributed by atoms with E-state index in [1.807, 2.05) is 28.9 Å². The van der Waals surface area contributed by atoms with Crippen molar-refractivity contribution in [3.8, 4) is 0 Å². The van der Waals surface area contributed by atoms with Crippen LogP contribution in [0.1, 0.15) is 23.8 Å². The van der Waals surface area contributed by atoms with Gasteiger partial charge in [-0.1, -0.05) is 25.1 Å². The van der Waals surface area contributed by atoms with Gasteiger partial charge in [0.1, 0.15) is 5.69 Å². The second-order valence-electron chi connectivity index (χ2n) is 3.24. The number of aryl methyl sites for hydroxylation is 1. The molecule has 2 aromatic rings. The molecule has 0 atom stereocenters. The molecule has 0 fully saturated rings. The highest BCUT2D eigenvalue weighted by molar-refractivity contribution is 5.95. The SMILES string of the molecule is CCCn1nc(C=O)c2ccccc21. The fourth-order valence-corrected chi connectivity index (χ4v) is 1.62. The van der Waals surface area contributed by atoms with Gasteiger partial charge in [-0.05, 0) is 12.5 Å². The van der Waals surface area contributed by atoms with Crippen LogP contribution in [0.15, 0.2) is 24.3 Å². The Hall–Kier alpha value is -1.64. The topological polar surface area (TPSA) is 34.9 Å². The minimum atomic E-state index is 0.536. The fraction of sp³-hybridized carbons (Fsp3) is 0.273. The van der Waals surface area contributed by atoms with Crippen molar-refractivity contribution >= 4 is 17.2 Å². The van der Waals surface area contributed by atoms with Crippen LogP contribution in [0, 0.1) is 0 Å². The maximum Gasteiger partial charge on any atom is 0.170 e. The third-order valence-corrected chi connectivity index (χ3v) is 2.23. The van der Waals surface area contributed by atoms with E-state index in [0.717, 1.165) is 30.2 Å². The van der Waals surface area contributed by atoms with Crippen molar-refractivity contribution in [1.29, 1.82) is 0 Å². The zero-order chi connectivity index (χ0) is 9.97. The van der Waals surface area contributed by atoms with Crippen LogP contribution in [0.5, 0.6) is 0 Å². The molecule has 0 bridgehead atoms. The molecule has 0 aliphatic heterocycles. The lowest BCUT2D eigenvalue weighted by Gasteiger charge is -1.98. The van der Waals surface area contributed by atoms with E-state index in [9.17, 15) is 4.79 Å². The van der Waals surface area contributed by atoms with Gasteiger partial charge in [0.05, 0.1) is 5.52 Å². The van der Waals surface area contributed by atoms with Crippen molar-refractivity contribution in [2.45, 2.75) is 19.9 Å². The molecule has 0 radical (unpaired) electrons. The molecule has 2 rings (SSSR count). The molecular weight excluding hydrogens is 176 g/mol. The van der Waals surface area contributed by atoms with Crippen molar-refractivity contribution in [1.82, 2.24) is 9.78 Å². The smallest absolute Gasteiger partial charge is 0.170 e. The quantitative estimate of drug-likeness (QED) is 0.692. The number of aldehydes is 1. The van der Waals surface area contributed by atoms with Gasteiger partial charge < -0.3 is 0 Å². The van der Waals surface area contributed by atoms with Crippen LogP contribution < -0.4 is 0 Å². The molecule has 72 valence electrons. The Balaban J connectivity index is 2.66. The average molecular weight is 188 g/mol. The fourth-order valence-electron chi connectivity index (χ4n) is 1.62. The molecule has 0 amide bonds. The number of aromatic nitrogens is 2. The first-order chi connectivity index (χ1) is 6.86. The summed E-state index contributed by atoms with van der Waals surface area (Å²) in [6, 6.07) is 7.81. The molecule has 1 aromatic carbocycles. The van der Waals surface area contributed by atoms with Gasteiger partial charge in [-0.15, -0.1) is 0 Å². The highest BCUT2D eigenvalue weighted by atomic mass is 16.1. The summed E-state index contributed by atoms with van der Waals surface area (Å²) in [6.45, 7) is 2.95. The van der Waals surface area contributed by atoms with Gasteiger partial charge in [-0.3, -0.25) is 9.48 Å². The van der Waals surface area contributed by atoms with Crippen molar-refractivity contribution in [2.24, 2.45) is 0 Å². The number of hydrogen-bond acceptors (Lipinski definition) is 2. The van der Waals surface area contributed by atoms with E-state index in [-0.39, 0.29) is 0 Å². The molecule has 14 heavy (non-hydrogen) atoms. The summed E-state index contributed by atoms with van der Waals surface area (Å²) in [5, 5.41) is 5.19. The zero-order valence-corrected chi connectivity index (χ0v) is 8.10. The standard InChI is InChI=1S/C11H12N2O/c1-2-7-13-11-6-4-3-5-9(11)10(8-14)12-13/h3-6,8H,2,7H2,1H3. The summed E-state index contributed by atoms with van der Waals surface area (Å²) in [7, 11) is 0.